The minimum Gasteiger partial charge on any atom is -0.458 e. The lowest BCUT2D eigenvalue weighted by molar-refractivity contribution is -0.163. The number of carbonyl (C=O) groups is 7. The number of fused-ring (bicyclic) bond motifs is 3. The summed E-state index contributed by atoms with van der Waals surface area (Å²) in [6, 6.07) is 1.56. The van der Waals surface area contributed by atoms with Crippen LogP contribution in [0.1, 0.15) is 70.4 Å². The van der Waals surface area contributed by atoms with Gasteiger partial charge >= 0.3 is 12.0 Å². The second kappa shape index (κ2) is 17.9. The molecular weight excluding hydrogens is 756 g/mol. The molecule has 0 unspecified atom stereocenters. The lowest BCUT2D eigenvalue weighted by Gasteiger charge is -2.39. The molecule has 2 aromatic carbocycles. The van der Waals surface area contributed by atoms with Gasteiger partial charge in [-0.15, -0.1) is 0 Å². The second-order valence-electron chi connectivity index (χ2n) is 15.9. The first-order chi connectivity index (χ1) is 27.6. The minimum absolute atomic E-state index is 0.0248. The number of carbonyl (C=O) groups excluding carboxylic acids is 7. The first-order valence-electron chi connectivity index (χ1n) is 19.9. The van der Waals surface area contributed by atoms with Crippen LogP contribution < -0.4 is 21.3 Å². The van der Waals surface area contributed by atoms with Gasteiger partial charge in [0.25, 0.3) is 0 Å². The molecule has 0 bridgehead atoms. The third-order valence-electron chi connectivity index (χ3n) is 11.3. The summed E-state index contributed by atoms with van der Waals surface area (Å²) in [5.41, 5.74) is 1.36. The monoisotopic (exact) mass is 807 g/mol. The molecule has 4 heterocycles. The van der Waals surface area contributed by atoms with Gasteiger partial charge in [-0.25, -0.2) is 18.4 Å². The van der Waals surface area contributed by atoms with Crippen molar-refractivity contribution in [1.82, 2.24) is 30.7 Å². The van der Waals surface area contributed by atoms with Crippen LogP contribution in [-0.4, -0.2) is 118 Å². The average molecular weight is 808 g/mol. The number of esters is 1. The van der Waals surface area contributed by atoms with Crippen molar-refractivity contribution in [3.8, 4) is 0 Å². The van der Waals surface area contributed by atoms with Crippen molar-refractivity contribution < 1.29 is 47.1 Å². The third kappa shape index (κ3) is 9.56. The molecule has 17 heteroatoms. The fourth-order valence-corrected chi connectivity index (χ4v) is 8.36. The van der Waals surface area contributed by atoms with E-state index in [4.69, 9.17) is 4.74 Å². The van der Waals surface area contributed by atoms with Crippen LogP contribution in [-0.2, 0) is 39.9 Å². The van der Waals surface area contributed by atoms with E-state index in [1.165, 1.54) is 28.5 Å². The predicted molar refractivity (Wildman–Crippen MR) is 206 cm³/mol. The molecule has 6 rings (SSSR count). The highest BCUT2D eigenvalue weighted by Gasteiger charge is 2.47. The number of nitrogens with one attached hydrogen (secondary N) is 4. The minimum atomic E-state index is -1.62. The van der Waals surface area contributed by atoms with Crippen molar-refractivity contribution in [1.29, 1.82) is 0 Å². The predicted octanol–water partition coefficient (Wildman–Crippen LogP) is 2.55. The molecule has 0 saturated carbocycles. The van der Waals surface area contributed by atoms with Gasteiger partial charge in [0, 0.05) is 37.8 Å². The lowest BCUT2D eigenvalue weighted by atomic mass is 9.99. The molecule has 312 valence electrons. The van der Waals surface area contributed by atoms with Gasteiger partial charge in [-0.3, -0.25) is 24.0 Å². The van der Waals surface area contributed by atoms with E-state index in [9.17, 15) is 42.3 Å². The Labute approximate surface area is 335 Å². The highest BCUT2D eigenvalue weighted by molar-refractivity contribution is 5.98. The van der Waals surface area contributed by atoms with Gasteiger partial charge in [-0.05, 0) is 95.0 Å². The van der Waals surface area contributed by atoms with Crippen LogP contribution >= 0.6 is 0 Å². The number of cyclic esters (lactones) is 1. The highest BCUT2D eigenvalue weighted by Crippen LogP contribution is 2.29. The highest BCUT2D eigenvalue weighted by atomic mass is 19.1. The standard InChI is InChI=1S/C41H51F2N7O8/c1-22-10-12-29(13-11-22)45-41(57)46-30(19-26-17-27(42)20-28(43)18-26)35(51)47-34-25(4)58-40(56)33-16-23(2)21-50(33)37(53)24(3)44-36(52)31-8-5-6-14-48(31)38(54)32-9-7-15-49(32)39(34)55/h10-13,17-18,20,23-25,30-34H,5-9,14-16,19,21H2,1-4H3,(H,44,52)(H,47,51)(H2,45,46,57)/t23-,24+,25-,30+,31+,32+,33+,34+/m1/s1. The van der Waals surface area contributed by atoms with E-state index in [0.717, 1.165) is 17.7 Å². The van der Waals surface area contributed by atoms with Crippen LogP contribution in [0.2, 0.25) is 0 Å². The van der Waals surface area contributed by atoms with E-state index in [2.05, 4.69) is 21.3 Å². The van der Waals surface area contributed by atoms with E-state index >= 15 is 0 Å². The van der Waals surface area contributed by atoms with Crippen LogP contribution in [0.3, 0.4) is 0 Å². The van der Waals surface area contributed by atoms with Gasteiger partial charge < -0.3 is 40.7 Å². The van der Waals surface area contributed by atoms with Gasteiger partial charge in [0.15, 0.2) is 0 Å². The van der Waals surface area contributed by atoms with E-state index in [-0.39, 0.29) is 44.0 Å². The van der Waals surface area contributed by atoms with Crippen molar-refractivity contribution in [2.45, 2.75) is 115 Å². The van der Waals surface area contributed by atoms with Crippen molar-refractivity contribution in [2.75, 3.05) is 25.0 Å². The summed E-state index contributed by atoms with van der Waals surface area (Å²) in [6.07, 6.45) is 0.815. The van der Waals surface area contributed by atoms with Gasteiger partial charge in [-0.2, -0.15) is 0 Å². The zero-order chi connectivity index (χ0) is 41.8. The Morgan fingerprint density at radius 3 is 2.19 bits per heavy atom. The Morgan fingerprint density at radius 2 is 1.48 bits per heavy atom. The molecule has 4 N–H and O–H groups in total. The molecule has 15 nitrogen and oxygen atoms in total. The largest absolute Gasteiger partial charge is 0.458 e. The fourth-order valence-electron chi connectivity index (χ4n) is 8.36. The van der Waals surface area contributed by atoms with Gasteiger partial charge in [0.2, 0.25) is 29.5 Å². The molecular formula is C41H51F2N7O8. The summed E-state index contributed by atoms with van der Waals surface area (Å²) in [4.78, 5) is 102. The lowest BCUT2D eigenvalue weighted by Crippen LogP contribution is -2.63. The van der Waals surface area contributed by atoms with Crippen molar-refractivity contribution in [2.24, 2.45) is 5.92 Å². The van der Waals surface area contributed by atoms with Gasteiger partial charge in [0.05, 0.1) is 0 Å². The number of anilines is 1. The van der Waals surface area contributed by atoms with Crippen molar-refractivity contribution in [3.05, 3.63) is 65.2 Å². The van der Waals surface area contributed by atoms with Gasteiger partial charge in [0.1, 0.15) is 54.0 Å². The number of amides is 7. The van der Waals surface area contributed by atoms with Crippen LogP contribution in [0.5, 0.6) is 0 Å². The topological polar surface area (TPSA) is 187 Å². The molecule has 4 aliphatic rings. The number of rotatable bonds is 6. The van der Waals surface area contributed by atoms with Crippen LogP contribution in [0.15, 0.2) is 42.5 Å². The maximum atomic E-state index is 14.7. The molecule has 4 aliphatic heterocycles. The summed E-state index contributed by atoms with van der Waals surface area (Å²) in [6.45, 7) is 7.24. The Bertz CT molecular complexity index is 1910. The maximum Gasteiger partial charge on any atom is 0.329 e. The summed E-state index contributed by atoms with van der Waals surface area (Å²) < 4.78 is 34.5. The Balaban J connectivity index is 1.34. The zero-order valence-electron chi connectivity index (χ0n) is 33.1. The van der Waals surface area contributed by atoms with Crippen LogP contribution in [0.25, 0.3) is 0 Å². The normalized spacial score (nSPS) is 27.5. The molecule has 4 saturated heterocycles. The number of hydrogen-bond acceptors (Lipinski definition) is 8. The summed E-state index contributed by atoms with van der Waals surface area (Å²) in [7, 11) is 0. The quantitative estimate of drug-likeness (QED) is 0.321. The fraction of sp³-hybridized carbons (Fsp3) is 0.537. The number of halogens is 2. The first-order valence-corrected chi connectivity index (χ1v) is 19.9. The number of piperidine rings is 1. The molecule has 0 aliphatic carbocycles. The first kappa shape index (κ1) is 42.0. The average Bonchev–Trinajstić information content (AvgIpc) is 3.83. The summed E-state index contributed by atoms with van der Waals surface area (Å²) in [5.74, 6) is -5.95. The molecule has 0 radical (unpaired) electrons. The van der Waals surface area contributed by atoms with Gasteiger partial charge in [-0.1, -0.05) is 24.6 Å². The number of hydrogen-bond donors (Lipinski definition) is 4. The van der Waals surface area contributed by atoms with E-state index in [0.29, 0.717) is 37.4 Å². The van der Waals surface area contributed by atoms with E-state index in [1.807, 2.05) is 13.8 Å². The number of aryl methyl sites for hydroxylation is 1. The molecule has 0 spiro atoms. The molecule has 2 aromatic rings. The van der Waals surface area contributed by atoms with Crippen LogP contribution in [0, 0.1) is 24.5 Å². The van der Waals surface area contributed by atoms with E-state index < -0.39 is 102 Å². The summed E-state index contributed by atoms with van der Waals surface area (Å²) in [5, 5.41) is 10.6. The molecule has 58 heavy (non-hydrogen) atoms. The van der Waals surface area contributed by atoms with Crippen molar-refractivity contribution >= 4 is 47.2 Å². The number of benzene rings is 2. The van der Waals surface area contributed by atoms with Crippen molar-refractivity contribution in [3.63, 3.8) is 0 Å². The smallest absolute Gasteiger partial charge is 0.329 e. The second-order valence-corrected chi connectivity index (χ2v) is 15.9. The molecule has 0 aromatic heterocycles. The Hall–Kier alpha value is -5.61. The molecule has 8 atom stereocenters. The van der Waals surface area contributed by atoms with E-state index in [1.54, 1.807) is 24.3 Å². The number of nitrogens with zero attached hydrogens (tertiary/aromatic N) is 3. The van der Waals surface area contributed by atoms with Crippen LogP contribution in [0.4, 0.5) is 19.3 Å². The Morgan fingerprint density at radius 1 is 0.828 bits per heavy atom. The number of urea groups is 1. The summed E-state index contributed by atoms with van der Waals surface area (Å²) >= 11 is 0. The SMILES string of the molecule is Cc1ccc(NC(=O)N[C@@H](Cc2cc(F)cc(F)c2)C(=O)N[C@@H]2C(=O)N3CCC[C@H]3C(=O)N3CCCC[C@H]3C(=O)N[C@@H](C)C(=O)N3C[C@H](C)C[C@H]3C(=O)O[C@@H]2C)cc1. The molecule has 4 fully saturated rings. The maximum absolute atomic E-state index is 14.7. The third-order valence-corrected chi connectivity index (χ3v) is 11.3. The Kier molecular flexibility index (Phi) is 13.0. The zero-order valence-corrected chi connectivity index (χ0v) is 33.1. The number of ether oxygens (including phenoxy) is 1. The molecule has 7 amide bonds.